The first-order valence-corrected chi connectivity index (χ1v) is 12.0. The molecule has 0 radical (unpaired) electrons. The molecule has 0 heterocycles. The summed E-state index contributed by atoms with van der Waals surface area (Å²) in [4.78, 5) is 25.8. The van der Waals surface area contributed by atoms with Crippen LogP contribution in [-0.2, 0) is 4.79 Å². The van der Waals surface area contributed by atoms with Crippen molar-refractivity contribution in [2.45, 2.75) is 17.2 Å². The average Bonchev–Trinajstić information content (AvgIpc) is 3.33. The zero-order chi connectivity index (χ0) is 24.8. The lowest BCUT2D eigenvalue weighted by atomic mass is 10.1. The van der Waals surface area contributed by atoms with E-state index < -0.39 is 28.0 Å². The number of hydrogen-bond donors (Lipinski definition) is 3. The van der Waals surface area contributed by atoms with E-state index in [1.807, 2.05) is 6.92 Å². The maximum absolute atomic E-state index is 13.0. The van der Waals surface area contributed by atoms with E-state index in [0.717, 1.165) is 5.56 Å². The molecular formula is C24H18Cl5N3O2. The van der Waals surface area contributed by atoms with Crippen LogP contribution in [0.5, 0.6) is 0 Å². The SMILES string of the molecule is Cc1cc(N)ccc1NC(=O)c1cc(NC(=O)[C@H]2[C@H](c3cc(Cl)cc(Cl)c3)C2(Cl)Cl)ccc1Cl. The lowest BCUT2D eigenvalue weighted by Crippen LogP contribution is -2.18. The fourth-order valence-electron chi connectivity index (χ4n) is 3.84. The lowest BCUT2D eigenvalue weighted by molar-refractivity contribution is -0.117. The van der Waals surface area contributed by atoms with Gasteiger partial charge in [-0.2, -0.15) is 0 Å². The first kappa shape index (κ1) is 25.0. The number of nitrogen functional groups attached to an aromatic ring is 1. The van der Waals surface area contributed by atoms with E-state index in [1.165, 1.54) is 12.1 Å². The van der Waals surface area contributed by atoms with Gasteiger partial charge in [-0.15, -0.1) is 23.2 Å². The standard InChI is InChI=1S/C24H18Cl5N3O2/c1-11-6-15(30)2-5-19(11)32-22(33)17-10-16(3-4-18(17)27)31-23(34)21-20(24(21,28)29)12-7-13(25)9-14(26)8-12/h2-10,20-21H,30H2,1H3,(H,31,34)(H,32,33)/t20-,21+/m0/s1. The number of carbonyl (C=O) groups excluding carboxylic acids is 2. The van der Waals surface area contributed by atoms with E-state index in [9.17, 15) is 9.59 Å². The Morgan fingerprint density at radius 3 is 2.24 bits per heavy atom. The molecule has 3 aromatic carbocycles. The van der Waals surface area contributed by atoms with Crippen LogP contribution in [0, 0.1) is 12.8 Å². The Morgan fingerprint density at radius 2 is 1.59 bits per heavy atom. The van der Waals surface area contributed by atoms with Crippen molar-refractivity contribution >= 4 is 86.9 Å². The van der Waals surface area contributed by atoms with Gasteiger partial charge in [-0.25, -0.2) is 0 Å². The molecular weight excluding hydrogens is 540 g/mol. The Bertz CT molecular complexity index is 1290. The van der Waals surface area contributed by atoms with Crippen molar-refractivity contribution in [3.63, 3.8) is 0 Å². The second-order valence-electron chi connectivity index (χ2n) is 8.05. The molecule has 0 aliphatic heterocycles. The molecule has 2 amide bonds. The topological polar surface area (TPSA) is 84.2 Å². The Morgan fingerprint density at radius 1 is 0.912 bits per heavy atom. The van der Waals surface area contributed by atoms with Gasteiger partial charge in [0, 0.05) is 33.0 Å². The van der Waals surface area contributed by atoms with Crippen LogP contribution in [0.1, 0.15) is 27.4 Å². The van der Waals surface area contributed by atoms with E-state index in [2.05, 4.69) is 10.6 Å². The van der Waals surface area contributed by atoms with Crippen LogP contribution < -0.4 is 16.4 Å². The van der Waals surface area contributed by atoms with Crippen LogP contribution in [0.2, 0.25) is 15.1 Å². The summed E-state index contributed by atoms with van der Waals surface area (Å²) in [6.45, 7) is 1.83. The highest BCUT2D eigenvalue weighted by Crippen LogP contribution is 2.65. The van der Waals surface area contributed by atoms with Gasteiger partial charge < -0.3 is 16.4 Å². The number of nitrogens with two attached hydrogens (primary N) is 1. The summed E-state index contributed by atoms with van der Waals surface area (Å²) in [5.41, 5.74) is 8.97. The molecule has 4 rings (SSSR count). The van der Waals surface area contributed by atoms with Crippen molar-refractivity contribution in [3.8, 4) is 0 Å². The number of alkyl halides is 2. The van der Waals surface area contributed by atoms with Crippen molar-refractivity contribution in [1.82, 2.24) is 0 Å². The molecule has 4 N–H and O–H groups in total. The third-order valence-electron chi connectivity index (χ3n) is 5.56. The maximum Gasteiger partial charge on any atom is 0.257 e. The second-order valence-corrected chi connectivity index (χ2v) is 10.8. The van der Waals surface area contributed by atoms with Crippen LogP contribution >= 0.6 is 58.0 Å². The van der Waals surface area contributed by atoms with Gasteiger partial charge in [0.1, 0.15) is 4.33 Å². The molecule has 0 spiro atoms. The predicted octanol–water partition coefficient (Wildman–Crippen LogP) is 7.32. The number of rotatable bonds is 5. The Balaban J connectivity index is 1.52. The Hall–Kier alpha value is -2.15. The molecule has 3 aromatic rings. The molecule has 176 valence electrons. The van der Waals surface area contributed by atoms with Gasteiger partial charge >= 0.3 is 0 Å². The number of amides is 2. The third kappa shape index (κ3) is 5.09. The van der Waals surface area contributed by atoms with Crippen molar-refractivity contribution in [2.24, 2.45) is 5.92 Å². The van der Waals surface area contributed by atoms with Gasteiger partial charge in [0.2, 0.25) is 5.91 Å². The summed E-state index contributed by atoms with van der Waals surface area (Å²) in [6.07, 6.45) is 0. The summed E-state index contributed by atoms with van der Waals surface area (Å²) in [5.74, 6) is -2.07. The van der Waals surface area contributed by atoms with Crippen molar-refractivity contribution in [2.75, 3.05) is 16.4 Å². The smallest absolute Gasteiger partial charge is 0.257 e. The van der Waals surface area contributed by atoms with Crippen LogP contribution in [0.3, 0.4) is 0 Å². The number of nitrogens with one attached hydrogen (secondary N) is 2. The molecule has 1 fully saturated rings. The quantitative estimate of drug-likeness (QED) is 0.227. The van der Waals surface area contributed by atoms with Crippen LogP contribution in [0.25, 0.3) is 0 Å². The molecule has 34 heavy (non-hydrogen) atoms. The molecule has 10 heteroatoms. The highest BCUT2D eigenvalue weighted by atomic mass is 35.5. The molecule has 2 atom stereocenters. The number of hydrogen-bond acceptors (Lipinski definition) is 3. The fraction of sp³-hybridized carbons (Fsp3) is 0.167. The zero-order valence-corrected chi connectivity index (χ0v) is 21.4. The summed E-state index contributed by atoms with van der Waals surface area (Å²) < 4.78 is -1.32. The minimum absolute atomic E-state index is 0.188. The molecule has 0 bridgehead atoms. The summed E-state index contributed by atoms with van der Waals surface area (Å²) in [6, 6.07) is 14.7. The summed E-state index contributed by atoms with van der Waals surface area (Å²) in [7, 11) is 0. The number of aryl methyl sites for hydroxylation is 1. The third-order valence-corrected chi connectivity index (χ3v) is 7.26. The molecule has 0 aromatic heterocycles. The molecule has 5 nitrogen and oxygen atoms in total. The van der Waals surface area contributed by atoms with E-state index in [-0.39, 0.29) is 10.6 Å². The highest BCUT2D eigenvalue weighted by molar-refractivity contribution is 6.53. The zero-order valence-electron chi connectivity index (χ0n) is 17.6. The van der Waals surface area contributed by atoms with E-state index in [0.29, 0.717) is 32.7 Å². The average molecular weight is 558 g/mol. The van der Waals surface area contributed by atoms with Gasteiger partial charge in [-0.3, -0.25) is 9.59 Å². The van der Waals surface area contributed by atoms with Gasteiger partial charge in [0.05, 0.1) is 16.5 Å². The number of benzene rings is 3. The van der Waals surface area contributed by atoms with Crippen LogP contribution in [-0.4, -0.2) is 16.1 Å². The normalized spacial score (nSPS) is 18.3. The van der Waals surface area contributed by atoms with Gasteiger partial charge in [0.25, 0.3) is 5.91 Å². The first-order valence-electron chi connectivity index (χ1n) is 10.1. The van der Waals surface area contributed by atoms with E-state index in [4.69, 9.17) is 63.7 Å². The molecule has 1 saturated carbocycles. The summed E-state index contributed by atoms with van der Waals surface area (Å²) >= 11 is 31.3. The highest BCUT2D eigenvalue weighted by Gasteiger charge is 2.67. The van der Waals surface area contributed by atoms with Crippen molar-refractivity contribution < 1.29 is 9.59 Å². The fourth-order valence-corrected chi connectivity index (χ4v) is 5.41. The largest absolute Gasteiger partial charge is 0.399 e. The number of halogens is 5. The van der Waals surface area contributed by atoms with Crippen molar-refractivity contribution in [1.29, 1.82) is 0 Å². The molecule has 1 aliphatic rings. The Kier molecular flexibility index (Phi) is 6.96. The molecule has 0 unspecified atom stereocenters. The molecule has 0 saturated heterocycles. The number of anilines is 3. The predicted molar refractivity (Wildman–Crippen MR) is 141 cm³/mol. The minimum atomic E-state index is -1.32. The van der Waals surface area contributed by atoms with Gasteiger partial charge in [0.15, 0.2) is 0 Å². The Labute approximate surface area is 221 Å². The van der Waals surface area contributed by atoms with Gasteiger partial charge in [-0.1, -0.05) is 34.8 Å². The lowest BCUT2D eigenvalue weighted by Gasteiger charge is -2.12. The second kappa shape index (κ2) is 9.48. The van der Waals surface area contributed by atoms with E-state index in [1.54, 1.807) is 42.5 Å². The number of carbonyl (C=O) groups is 2. The monoisotopic (exact) mass is 555 g/mol. The first-order chi connectivity index (χ1) is 16.0. The van der Waals surface area contributed by atoms with E-state index >= 15 is 0 Å². The van der Waals surface area contributed by atoms with Crippen LogP contribution in [0.15, 0.2) is 54.6 Å². The van der Waals surface area contributed by atoms with Gasteiger partial charge in [-0.05, 0) is 72.6 Å². The van der Waals surface area contributed by atoms with Crippen molar-refractivity contribution in [3.05, 3.63) is 86.4 Å². The molecule has 1 aliphatic carbocycles. The minimum Gasteiger partial charge on any atom is -0.399 e. The maximum atomic E-state index is 13.0. The summed E-state index contributed by atoms with van der Waals surface area (Å²) in [5, 5.41) is 6.63. The van der Waals surface area contributed by atoms with Crippen LogP contribution in [0.4, 0.5) is 17.1 Å².